The van der Waals surface area contributed by atoms with Crippen molar-refractivity contribution in [3.63, 3.8) is 0 Å². The van der Waals surface area contributed by atoms with Crippen molar-refractivity contribution in [2.45, 2.75) is 70.3 Å². The fourth-order valence-corrected chi connectivity index (χ4v) is 8.36. The number of morpholine rings is 1. The summed E-state index contributed by atoms with van der Waals surface area (Å²) >= 11 is 0. The molecule has 2 fully saturated rings. The Morgan fingerprint density at radius 1 is 1.03 bits per heavy atom. The largest absolute Gasteiger partial charge is 0.457 e. The van der Waals surface area contributed by atoms with Gasteiger partial charge in [-0.25, -0.2) is 18.3 Å². The van der Waals surface area contributed by atoms with Crippen LogP contribution in [0.2, 0.25) is 0 Å². The number of anilines is 2. The number of fused-ring (bicyclic) bond motifs is 2. The van der Waals surface area contributed by atoms with E-state index in [-0.39, 0.29) is 29.6 Å². The number of ether oxygens (including phenoxy) is 2. The van der Waals surface area contributed by atoms with Gasteiger partial charge in [0, 0.05) is 32.0 Å². The van der Waals surface area contributed by atoms with Crippen LogP contribution < -0.4 is 20.3 Å². The van der Waals surface area contributed by atoms with E-state index in [0.717, 1.165) is 64.5 Å². The van der Waals surface area contributed by atoms with Gasteiger partial charge in [-0.05, 0) is 99.8 Å². The second-order valence-corrected chi connectivity index (χ2v) is 15.7. The van der Waals surface area contributed by atoms with Gasteiger partial charge < -0.3 is 24.6 Å². The molecule has 0 radical (unpaired) electrons. The lowest BCUT2D eigenvalue weighted by Gasteiger charge is -2.31. The van der Waals surface area contributed by atoms with Crippen LogP contribution in [0.4, 0.5) is 20.3 Å². The first-order valence-corrected chi connectivity index (χ1v) is 20.5. The molecule has 1 saturated carbocycles. The third-order valence-corrected chi connectivity index (χ3v) is 11.5. The maximum atomic E-state index is 14.2. The predicted octanol–water partition coefficient (Wildman–Crippen LogP) is 6.63. The quantitative estimate of drug-likeness (QED) is 0.0872. The minimum Gasteiger partial charge on any atom is -0.457 e. The van der Waals surface area contributed by atoms with Gasteiger partial charge in [0.1, 0.15) is 22.9 Å². The Labute approximate surface area is 340 Å². The summed E-state index contributed by atoms with van der Waals surface area (Å²) < 4.78 is 43.0. The van der Waals surface area contributed by atoms with E-state index in [1.807, 2.05) is 30.3 Å². The molecule has 14 nitrogen and oxygen atoms in total. The molecule has 0 atom stereocenters. The number of rotatable bonds is 15. The van der Waals surface area contributed by atoms with E-state index in [1.165, 1.54) is 16.3 Å². The average molecular weight is 810 g/mol. The number of nitrogens with one attached hydrogen (secondary N) is 2. The molecular weight excluding hydrogens is 761 g/mol. The molecule has 0 unspecified atom stereocenters. The van der Waals surface area contributed by atoms with Crippen molar-refractivity contribution < 1.29 is 32.6 Å². The summed E-state index contributed by atoms with van der Waals surface area (Å²) in [4.78, 5) is 46.7. The van der Waals surface area contributed by atoms with E-state index in [2.05, 4.69) is 42.7 Å². The lowest BCUT2D eigenvalue weighted by Crippen LogP contribution is -2.37. The molecular formula is C43H49F2N9O5. The number of carbonyl (C=O) groups excluding carboxylic acids is 3. The molecule has 0 bridgehead atoms. The summed E-state index contributed by atoms with van der Waals surface area (Å²) in [6.45, 7) is 4.53. The smallest absolute Gasteiger partial charge is 0.284 e. The van der Waals surface area contributed by atoms with E-state index in [9.17, 15) is 23.2 Å². The molecule has 3 aromatic heterocycles. The zero-order chi connectivity index (χ0) is 40.9. The van der Waals surface area contributed by atoms with Gasteiger partial charge in [-0.1, -0.05) is 30.7 Å². The molecule has 0 spiro atoms. The third kappa shape index (κ3) is 9.44. The number of hydrogen-bond donors (Lipinski definition) is 2. The second kappa shape index (κ2) is 18.0. The van der Waals surface area contributed by atoms with Gasteiger partial charge in [0.05, 0.1) is 43.1 Å². The van der Waals surface area contributed by atoms with Crippen LogP contribution in [0.15, 0.2) is 67.1 Å². The minimum absolute atomic E-state index is 0.000255. The zero-order valence-corrected chi connectivity index (χ0v) is 33.1. The molecule has 5 heterocycles. The van der Waals surface area contributed by atoms with Crippen LogP contribution in [0, 0.1) is 5.92 Å². The van der Waals surface area contributed by atoms with E-state index < -0.39 is 23.9 Å². The second-order valence-electron chi connectivity index (χ2n) is 15.7. The SMILES string of the molecule is CN(CCCCCc1ccc(Oc2cccc3c2C(=O)NC(=O)C3)cc1)CC1CCC(n2cc(NC(=O)c3cnn4ccc(N5CCOCC5)nc34)c(C(F)F)n2)CC1. The predicted molar refractivity (Wildman–Crippen MR) is 216 cm³/mol. The molecule has 310 valence electrons. The van der Waals surface area contributed by atoms with Crippen molar-refractivity contribution >= 4 is 34.9 Å². The fraction of sp³-hybridized carbons (Fsp3) is 0.442. The van der Waals surface area contributed by atoms with Gasteiger partial charge in [0.25, 0.3) is 18.2 Å². The van der Waals surface area contributed by atoms with Crippen LogP contribution in [0.5, 0.6) is 11.5 Å². The van der Waals surface area contributed by atoms with Crippen LogP contribution in [0.25, 0.3) is 5.65 Å². The summed E-state index contributed by atoms with van der Waals surface area (Å²) in [6.07, 6.45) is 9.80. The Morgan fingerprint density at radius 2 is 1.83 bits per heavy atom. The standard InChI is InChI=1S/C43H49F2N9O5/c1-51(18-4-2-3-6-28-11-15-32(16-12-28)59-35-8-5-7-30-24-37(55)49-43(57)38(30)35)26-29-9-13-31(14-10-29)54-27-34(39(50-54)40(44)45)47-42(56)33-25-46-53-19-17-36(48-41(33)53)52-20-22-58-23-21-52/h5,7-8,11-12,15-17,19,25,27,29,31,40H,2-4,6,9-10,13-14,18,20-24,26H2,1H3,(H,47,56)(H,49,55,57). The number of hydrogen-bond acceptors (Lipinski definition) is 10. The molecule has 3 aliphatic rings. The topological polar surface area (TPSA) is 148 Å². The average Bonchev–Trinajstić information content (AvgIpc) is 3.86. The molecule has 1 saturated heterocycles. The van der Waals surface area contributed by atoms with Crippen molar-refractivity contribution in [1.82, 2.24) is 34.6 Å². The Bertz CT molecular complexity index is 2280. The highest BCUT2D eigenvalue weighted by molar-refractivity contribution is 6.11. The number of nitrogens with zero attached hydrogens (tertiary/aromatic N) is 7. The van der Waals surface area contributed by atoms with E-state index in [1.54, 1.807) is 35.3 Å². The maximum absolute atomic E-state index is 14.2. The van der Waals surface area contributed by atoms with E-state index in [4.69, 9.17) is 9.47 Å². The van der Waals surface area contributed by atoms with Crippen LogP contribution in [0.1, 0.15) is 94.9 Å². The van der Waals surface area contributed by atoms with Gasteiger partial charge in [-0.15, -0.1) is 0 Å². The number of benzene rings is 2. The summed E-state index contributed by atoms with van der Waals surface area (Å²) in [5, 5.41) is 13.6. The first-order chi connectivity index (χ1) is 28.7. The number of carbonyl (C=O) groups is 3. The molecule has 1 aliphatic carbocycles. The minimum atomic E-state index is -2.85. The highest BCUT2D eigenvalue weighted by Crippen LogP contribution is 2.36. The number of unbranched alkanes of at least 4 members (excludes halogenated alkanes) is 2. The molecule has 59 heavy (non-hydrogen) atoms. The Balaban J connectivity index is 0.765. The maximum Gasteiger partial charge on any atom is 0.284 e. The number of halogens is 2. The summed E-state index contributed by atoms with van der Waals surface area (Å²) in [6, 6.07) is 15.0. The first-order valence-electron chi connectivity index (χ1n) is 20.5. The molecule has 5 aromatic rings. The fourth-order valence-electron chi connectivity index (χ4n) is 8.36. The van der Waals surface area contributed by atoms with Crippen molar-refractivity contribution in [2.75, 3.05) is 56.7 Å². The zero-order valence-electron chi connectivity index (χ0n) is 33.1. The van der Waals surface area contributed by atoms with Crippen LogP contribution in [-0.4, -0.2) is 93.4 Å². The third-order valence-electron chi connectivity index (χ3n) is 11.5. The highest BCUT2D eigenvalue weighted by atomic mass is 19.3. The molecule has 3 amide bonds. The first kappa shape index (κ1) is 40.1. The Kier molecular flexibility index (Phi) is 12.2. The van der Waals surface area contributed by atoms with Crippen molar-refractivity contribution in [3.05, 3.63) is 95.1 Å². The Hall–Kier alpha value is -5.74. The highest BCUT2D eigenvalue weighted by Gasteiger charge is 2.29. The Morgan fingerprint density at radius 3 is 2.61 bits per heavy atom. The van der Waals surface area contributed by atoms with Gasteiger partial charge in [-0.3, -0.25) is 24.4 Å². The summed E-state index contributed by atoms with van der Waals surface area (Å²) in [5.74, 6) is 0.978. The molecule has 16 heteroatoms. The van der Waals surface area contributed by atoms with Crippen molar-refractivity contribution in [3.8, 4) is 11.5 Å². The van der Waals surface area contributed by atoms with Gasteiger partial charge in [0.15, 0.2) is 11.3 Å². The molecule has 8 rings (SSSR count). The van der Waals surface area contributed by atoms with E-state index in [0.29, 0.717) is 66.3 Å². The number of amides is 3. The lowest BCUT2D eigenvalue weighted by molar-refractivity contribution is -0.119. The normalized spacial score (nSPS) is 18.4. The van der Waals surface area contributed by atoms with Gasteiger partial charge >= 0.3 is 0 Å². The van der Waals surface area contributed by atoms with Crippen molar-refractivity contribution in [2.24, 2.45) is 5.92 Å². The van der Waals surface area contributed by atoms with E-state index >= 15 is 0 Å². The van der Waals surface area contributed by atoms with Crippen LogP contribution in [0.3, 0.4) is 0 Å². The number of aryl methyl sites for hydroxylation is 1. The number of aromatic nitrogens is 5. The summed E-state index contributed by atoms with van der Waals surface area (Å²) in [7, 11) is 2.16. The summed E-state index contributed by atoms with van der Waals surface area (Å²) in [5.41, 5.74) is 2.39. The van der Waals surface area contributed by atoms with Crippen LogP contribution in [-0.2, 0) is 22.4 Å². The number of imide groups is 1. The van der Waals surface area contributed by atoms with Crippen LogP contribution >= 0.6 is 0 Å². The van der Waals surface area contributed by atoms with Gasteiger partial charge in [-0.2, -0.15) is 10.2 Å². The molecule has 2 N–H and O–H groups in total. The van der Waals surface area contributed by atoms with Crippen molar-refractivity contribution in [1.29, 1.82) is 0 Å². The molecule has 2 aliphatic heterocycles. The van der Waals surface area contributed by atoms with Gasteiger partial charge in [0.2, 0.25) is 5.91 Å². The molecule has 2 aromatic carbocycles. The lowest BCUT2D eigenvalue weighted by atomic mass is 9.86. The number of alkyl halides is 2. The monoisotopic (exact) mass is 809 g/mol.